The molecular weight excluding hydrogens is 218 g/mol. The molecule has 0 spiro atoms. The molecule has 1 atom stereocenters. The lowest BCUT2D eigenvalue weighted by Crippen LogP contribution is -2.17. The molecule has 98 valence electrons. The van der Waals surface area contributed by atoms with Crippen LogP contribution in [-0.2, 0) is 0 Å². The molecule has 1 aliphatic rings. The molecule has 1 saturated carbocycles. The second-order valence-corrected chi connectivity index (χ2v) is 5.48. The Morgan fingerprint density at radius 1 is 1.22 bits per heavy atom. The summed E-state index contributed by atoms with van der Waals surface area (Å²) in [5.41, 5.74) is 8.83. The quantitative estimate of drug-likeness (QED) is 0.786. The van der Waals surface area contributed by atoms with Crippen molar-refractivity contribution >= 4 is 0 Å². The Labute approximate surface area is 111 Å². The molecule has 2 N–H and O–H groups in total. The summed E-state index contributed by atoms with van der Waals surface area (Å²) in [5.74, 6) is 1.22. The van der Waals surface area contributed by atoms with E-state index in [1.807, 2.05) is 0 Å². The van der Waals surface area contributed by atoms with Crippen LogP contribution in [0.2, 0.25) is 0 Å². The van der Waals surface area contributed by atoms with E-state index in [0.717, 1.165) is 12.5 Å². The van der Waals surface area contributed by atoms with Crippen LogP contribution < -0.4 is 5.73 Å². The van der Waals surface area contributed by atoms with E-state index in [9.17, 15) is 0 Å². The Kier molecular flexibility index (Phi) is 5.00. The molecule has 1 aromatic rings. The average molecular weight is 243 g/mol. The van der Waals surface area contributed by atoms with Crippen molar-refractivity contribution in [3.63, 3.8) is 0 Å². The van der Waals surface area contributed by atoms with Crippen LogP contribution in [-0.4, -0.2) is 6.54 Å². The van der Waals surface area contributed by atoms with Gasteiger partial charge in [0.1, 0.15) is 0 Å². The first-order chi connectivity index (χ1) is 8.81. The first-order valence-electron chi connectivity index (χ1n) is 7.27. The number of allylic oxidation sites excluding steroid dienone is 1. The zero-order valence-electron chi connectivity index (χ0n) is 11.4. The molecule has 1 aliphatic carbocycles. The molecule has 1 heteroatoms. The first kappa shape index (κ1) is 13.4. The minimum atomic E-state index is 0.478. The van der Waals surface area contributed by atoms with Crippen molar-refractivity contribution < 1.29 is 0 Å². The van der Waals surface area contributed by atoms with Gasteiger partial charge in [-0.15, -0.1) is 0 Å². The topological polar surface area (TPSA) is 26.0 Å². The highest BCUT2D eigenvalue weighted by atomic mass is 14.5. The van der Waals surface area contributed by atoms with Gasteiger partial charge in [-0.05, 0) is 30.2 Å². The lowest BCUT2D eigenvalue weighted by Gasteiger charge is -2.25. The Hall–Kier alpha value is -1.08. The minimum absolute atomic E-state index is 0.478. The summed E-state index contributed by atoms with van der Waals surface area (Å²) in [7, 11) is 0. The van der Waals surface area contributed by atoms with Crippen LogP contribution in [0.25, 0.3) is 0 Å². The molecule has 0 saturated heterocycles. The van der Waals surface area contributed by atoms with Gasteiger partial charge in [0, 0.05) is 6.54 Å². The van der Waals surface area contributed by atoms with Gasteiger partial charge in [-0.3, -0.25) is 0 Å². The van der Waals surface area contributed by atoms with Gasteiger partial charge in [0.05, 0.1) is 0 Å². The summed E-state index contributed by atoms with van der Waals surface area (Å²) in [6.45, 7) is 3.00. The Morgan fingerprint density at radius 2 is 1.89 bits per heavy atom. The first-order valence-corrected chi connectivity index (χ1v) is 7.27. The lowest BCUT2D eigenvalue weighted by molar-refractivity contribution is 0.398. The molecule has 1 aromatic carbocycles. The van der Waals surface area contributed by atoms with Gasteiger partial charge in [-0.25, -0.2) is 0 Å². The molecule has 1 nitrogen and oxygen atoms in total. The van der Waals surface area contributed by atoms with E-state index in [2.05, 4.69) is 43.3 Å². The van der Waals surface area contributed by atoms with Crippen LogP contribution in [0.15, 0.2) is 42.0 Å². The van der Waals surface area contributed by atoms with E-state index < -0.39 is 0 Å². The van der Waals surface area contributed by atoms with E-state index in [-0.39, 0.29) is 0 Å². The van der Waals surface area contributed by atoms with Gasteiger partial charge < -0.3 is 5.73 Å². The van der Waals surface area contributed by atoms with E-state index >= 15 is 0 Å². The third kappa shape index (κ3) is 3.46. The molecule has 1 unspecified atom stereocenters. The summed E-state index contributed by atoms with van der Waals surface area (Å²) in [6, 6.07) is 10.7. The molecule has 0 aromatic heterocycles. The standard InChI is InChI=1S/C17H25N/c1-14(15-8-4-2-5-9-15)12-17(13-18)16-10-6-3-7-11-16/h2,4-5,8-9,12,14,16H,3,6-7,10-11,13,18H2,1H3/b17-12-. The summed E-state index contributed by atoms with van der Waals surface area (Å²) in [4.78, 5) is 0. The average Bonchev–Trinajstić information content (AvgIpc) is 2.46. The number of hydrogen-bond acceptors (Lipinski definition) is 1. The Morgan fingerprint density at radius 3 is 2.50 bits per heavy atom. The molecule has 18 heavy (non-hydrogen) atoms. The third-order valence-corrected chi connectivity index (χ3v) is 4.15. The number of benzene rings is 1. The zero-order valence-corrected chi connectivity index (χ0v) is 11.4. The maximum absolute atomic E-state index is 5.96. The van der Waals surface area contributed by atoms with E-state index in [4.69, 9.17) is 5.73 Å². The summed E-state index contributed by atoms with van der Waals surface area (Å²) >= 11 is 0. The molecular formula is C17H25N. The van der Waals surface area contributed by atoms with Crippen molar-refractivity contribution in [2.75, 3.05) is 6.54 Å². The van der Waals surface area contributed by atoms with Crippen LogP contribution >= 0.6 is 0 Å². The fraction of sp³-hybridized carbons (Fsp3) is 0.529. The van der Waals surface area contributed by atoms with E-state index in [1.165, 1.54) is 43.2 Å². The molecule has 0 radical (unpaired) electrons. The molecule has 1 fully saturated rings. The number of rotatable bonds is 4. The minimum Gasteiger partial charge on any atom is -0.327 e. The van der Waals surface area contributed by atoms with Crippen LogP contribution in [0.3, 0.4) is 0 Å². The van der Waals surface area contributed by atoms with Gasteiger partial charge in [0.2, 0.25) is 0 Å². The van der Waals surface area contributed by atoms with Crippen molar-refractivity contribution in [2.24, 2.45) is 11.7 Å². The summed E-state index contributed by atoms with van der Waals surface area (Å²) in [6.07, 6.45) is 9.24. The van der Waals surface area contributed by atoms with Crippen molar-refractivity contribution in [1.29, 1.82) is 0 Å². The van der Waals surface area contributed by atoms with Crippen molar-refractivity contribution in [3.8, 4) is 0 Å². The monoisotopic (exact) mass is 243 g/mol. The van der Waals surface area contributed by atoms with Gasteiger partial charge in [-0.2, -0.15) is 0 Å². The normalized spacial score (nSPS) is 19.8. The van der Waals surface area contributed by atoms with Crippen LogP contribution in [0.1, 0.15) is 50.5 Å². The second-order valence-electron chi connectivity index (χ2n) is 5.48. The highest BCUT2D eigenvalue weighted by Crippen LogP contribution is 2.31. The molecule has 0 amide bonds. The van der Waals surface area contributed by atoms with Crippen LogP contribution in [0, 0.1) is 5.92 Å². The van der Waals surface area contributed by atoms with Crippen molar-refractivity contribution in [3.05, 3.63) is 47.5 Å². The predicted octanol–water partition coefficient (Wildman–Crippen LogP) is 4.26. The predicted molar refractivity (Wildman–Crippen MR) is 78.6 cm³/mol. The SMILES string of the molecule is CC(/C=C(/CN)C1CCCCC1)c1ccccc1. The van der Waals surface area contributed by atoms with Crippen molar-refractivity contribution in [1.82, 2.24) is 0 Å². The van der Waals surface area contributed by atoms with Crippen LogP contribution in [0.5, 0.6) is 0 Å². The lowest BCUT2D eigenvalue weighted by atomic mass is 9.82. The van der Waals surface area contributed by atoms with Gasteiger partial charge in [0.25, 0.3) is 0 Å². The van der Waals surface area contributed by atoms with E-state index in [1.54, 1.807) is 0 Å². The molecule has 0 bridgehead atoms. The van der Waals surface area contributed by atoms with E-state index in [0.29, 0.717) is 5.92 Å². The maximum Gasteiger partial charge on any atom is 0.0139 e. The number of hydrogen-bond donors (Lipinski definition) is 1. The largest absolute Gasteiger partial charge is 0.327 e. The highest BCUT2D eigenvalue weighted by Gasteiger charge is 2.17. The zero-order chi connectivity index (χ0) is 12.8. The van der Waals surface area contributed by atoms with Gasteiger partial charge >= 0.3 is 0 Å². The molecule has 2 rings (SSSR count). The highest BCUT2D eigenvalue weighted by molar-refractivity contribution is 5.25. The van der Waals surface area contributed by atoms with Crippen molar-refractivity contribution in [2.45, 2.75) is 44.9 Å². The van der Waals surface area contributed by atoms with Crippen LogP contribution in [0.4, 0.5) is 0 Å². The van der Waals surface area contributed by atoms with Gasteiger partial charge in [-0.1, -0.05) is 68.2 Å². The fourth-order valence-electron chi connectivity index (χ4n) is 3.02. The fourth-order valence-corrected chi connectivity index (χ4v) is 3.02. The molecule has 0 aliphatic heterocycles. The number of nitrogens with two attached hydrogens (primary N) is 1. The smallest absolute Gasteiger partial charge is 0.0139 e. The summed E-state index contributed by atoms with van der Waals surface area (Å²) in [5, 5.41) is 0. The van der Waals surface area contributed by atoms with Gasteiger partial charge in [0.15, 0.2) is 0 Å². The Bertz CT molecular complexity index is 374. The molecule has 0 heterocycles. The third-order valence-electron chi connectivity index (χ3n) is 4.15. The Balaban J connectivity index is 2.08. The second kappa shape index (κ2) is 6.75. The maximum atomic E-state index is 5.96. The summed E-state index contributed by atoms with van der Waals surface area (Å²) < 4.78 is 0.